The van der Waals surface area contributed by atoms with Crippen molar-refractivity contribution in [1.29, 1.82) is 0 Å². The van der Waals surface area contributed by atoms with E-state index < -0.39 is 0 Å². The number of amidine groups is 1. The number of thioether (sulfide) groups is 1. The summed E-state index contributed by atoms with van der Waals surface area (Å²) in [7, 11) is 0. The fourth-order valence-corrected chi connectivity index (χ4v) is 3.06. The number of rotatable bonds is 3. The van der Waals surface area contributed by atoms with Crippen LogP contribution in [-0.2, 0) is 11.3 Å². The predicted octanol–water partition coefficient (Wildman–Crippen LogP) is 1.31. The number of aryl methyl sites for hydroxylation is 2. The van der Waals surface area contributed by atoms with Crippen molar-refractivity contribution < 1.29 is 4.79 Å². The number of benzene rings is 1. The smallest absolute Gasteiger partial charge is 0.261 e. The summed E-state index contributed by atoms with van der Waals surface area (Å²) < 4.78 is 1.48. The highest BCUT2D eigenvalue weighted by molar-refractivity contribution is 8.14. The average molecular weight is 316 g/mol. The number of amides is 1. The minimum absolute atomic E-state index is 0.117. The van der Waals surface area contributed by atoms with Crippen LogP contribution in [-0.4, -0.2) is 32.9 Å². The Kier molecular flexibility index (Phi) is 4.24. The molecule has 2 aromatic rings. The van der Waals surface area contributed by atoms with E-state index in [0.29, 0.717) is 22.6 Å². The first-order valence-electron chi connectivity index (χ1n) is 7.07. The van der Waals surface area contributed by atoms with E-state index in [1.807, 2.05) is 19.1 Å². The number of carbonyl (C=O) groups excluding carboxylic acids is 1. The van der Waals surface area contributed by atoms with Crippen LogP contribution in [0.25, 0.3) is 10.9 Å². The Labute approximate surface area is 131 Å². The molecule has 1 N–H and O–H groups in total. The lowest BCUT2D eigenvalue weighted by Crippen LogP contribution is -2.30. The van der Waals surface area contributed by atoms with Crippen LogP contribution >= 0.6 is 11.8 Å². The molecule has 0 bridgehead atoms. The molecule has 0 fully saturated rings. The normalized spacial score (nSPS) is 14.1. The van der Waals surface area contributed by atoms with E-state index in [1.165, 1.54) is 22.7 Å². The Hall–Kier alpha value is -2.15. The van der Waals surface area contributed by atoms with Gasteiger partial charge in [0.25, 0.3) is 5.56 Å². The molecule has 1 amide bonds. The highest BCUT2D eigenvalue weighted by Crippen LogP contribution is 2.11. The van der Waals surface area contributed by atoms with Crippen molar-refractivity contribution in [2.75, 3.05) is 12.3 Å². The largest absolute Gasteiger partial charge is 0.305 e. The van der Waals surface area contributed by atoms with Crippen LogP contribution in [0.5, 0.6) is 0 Å². The molecule has 6 nitrogen and oxygen atoms in total. The van der Waals surface area contributed by atoms with E-state index in [2.05, 4.69) is 15.3 Å². The molecule has 0 unspecified atom stereocenters. The molecule has 1 aromatic heterocycles. The number of nitrogens with one attached hydrogen (secondary N) is 1. The van der Waals surface area contributed by atoms with Crippen molar-refractivity contribution in [1.82, 2.24) is 14.9 Å². The summed E-state index contributed by atoms with van der Waals surface area (Å²) in [5.74, 6) is 0.771. The first-order valence-corrected chi connectivity index (χ1v) is 8.05. The fraction of sp³-hybridized carbons (Fsp3) is 0.333. The van der Waals surface area contributed by atoms with Crippen LogP contribution in [0.2, 0.25) is 0 Å². The quantitative estimate of drug-likeness (QED) is 0.926. The van der Waals surface area contributed by atoms with Crippen LogP contribution < -0.4 is 10.9 Å². The average Bonchev–Trinajstić information content (AvgIpc) is 3.00. The zero-order chi connectivity index (χ0) is 15.5. The highest BCUT2D eigenvalue weighted by Gasteiger charge is 2.12. The molecule has 0 saturated heterocycles. The van der Waals surface area contributed by atoms with Crippen molar-refractivity contribution in [3.8, 4) is 0 Å². The minimum Gasteiger partial charge on any atom is -0.305 e. The van der Waals surface area contributed by atoms with Gasteiger partial charge in [-0.3, -0.25) is 19.1 Å². The van der Waals surface area contributed by atoms with Gasteiger partial charge in [0.05, 0.1) is 23.8 Å². The monoisotopic (exact) mass is 316 g/mol. The zero-order valence-corrected chi connectivity index (χ0v) is 13.0. The van der Waals surface area contributed by atoms with Crippen LogP contribution in [0, 0.1) is 6.92 Å². The summed E-state index contributed by atoms with van der Waals surface area (Å²) in [5, 5.41) is 4.01. The molecule has 0 radical (unpaired) electrons. The second-order valence-electron chi connectivity index (χ2n) is 5.05. The molecule has 3 rings (SSSR count). The molecule has 1 aliphatic rings. The second-order valence-corrected chi connectivity index (χ2v) is 6.13. The van der Waals surface area contributed by atoms with Gasteiger partial charge in [0.2, 0.25) is 5.91 Å². The Morgan fingerprint density at radius 2 is 2.32 bits per heavy atom. The van der Waals surface area contributed by atoms with Crippen LogP contribution in [0.4, 0.5) is 0 Å². The molecule has 114 valence electrons. The third-order valence-corrected chi connectivity index (χ3v) is 4.36. The summed E-state index contributed by atoms with van der Waals surface area (Å²) in [5.41, 5.74) is 1.56. The standard InChI is InChI=1S/C15H16N4O2S/c1-10-3-2-4-11-13(10)17-9-19(14(11)21)7-5-12(20)18-15-16-6-8-22-15/h2-4,9H,5-8H2,1H3,(H,16,18,20). The summed E-state index contributed by atoms with van der Waals surface area (Å²) in [6.45, 7) is 2.97. The van der Waals surface area contributed by atoms with Crippen molar-refractivity contribution in [3.05, 3.63) is 40.4 Å². The molecular weight excluding hydrogens is 300 g/mol. The lowest BCUT2D eigenvalue weighted by atomic mass is 10.1. The number of hydrogen-bond acceptors (Lipinski definition) is 5. The maximum absolute atomic E-state index is 12.4. The molecule has 1 aromatic carbocycles. The van der Waals surface area contributed by atoms with Crippen molar-refractivity contribution in [3.63, 3.8) is 0 Å². The Bertz CT molecular complexity index is 813. The minimum atomic E-state index is -0.135. The summed E-state index contributed by atoms with van der Waals surface area (Å²) in [6, 6.07) is 5.53. The van der Waals surface area contributed by atoms with Crippen LogP contribution in [0.15, 0.2) is 34.3 Å². The van der Waals surface area contributed by atoms with Gasteiger partial charge in [-0.2, -0.15) is 0 Å². The van der Waals surface area contributed by atoms with E-state index in [-0.39, 0.29) is 17.9 Å². The fourth-order valence-electron chi connectivity index (χ4n) is 2.31. The maximum atomic E-state index is 12.4. The van der Waals surface area contributed by atoms with Gasteiger partial charge in [-0.1, -0.05) is 23.9 Å². The van der Waals surface area contributed by atoms with Gasteiger partial charge < -0.3 is 5.32 Å². The first-order chi connectivity index (χ1) is 10.6. The predicted molar refractivity (Wildman–Crippen MR) is 88.3 cm³/mol. The number of fused-ring (bicyclic) bond motifs is 1. The van der Waals surface area contributed by atoms with Crippen molar-refractivity contribution >= 4 is 33.7 Å². The Balaban J connectivity index is 1.73. The van der Waals surface area contributed by atoms with Gasteiger partial charge in [-0.15, -0.1) is 0 Å². The van der Waals surface area contributed by atoms with E-state index in [0.717, 1.165) is 17.9 Å². The van der Waals surface area contributed by atoms with Crippen molar-refractivity contribution in [2.45, 2.75) is 19.9 Å². The Morgan fingerprint density at radius 1 is 1.45 bits per heavy atom. The number of carbonyl (C=O) groups is 1. The molecule has 0 saturated carbocycles. The van der Waals surface area contributed by atoms with E-state index in [4.69, 9.17) is 0 Å². The number of para-hydroxylation sites is 1. The number of nitrogens with zero attached hydrogens (tertiary/aromatic N) is 3. The molecule has 0 spiro atoms. The molecule has 7 heteroatoms. The molecule has 0 atom stereocenters. The van der Waals surface area contributed by atoms with Gasteiger partial charge in [0, 0.05) is 18.7 Å². The van der Waals surface area contributed by atoms with Crippen molar-refractivity contribution in [2.24, 2.45) is 4.99 Å². The van der Waals surface area contributed by atoms with Crippen LogP contribution in [0.3, 0.4) is 0 Å². The molecule has 0 aliphatic carbocycles. The van der Waals surface area contributed by atoms with E-state index >= 15 is 0 Å². The molecule has 1 aliphatic heterocycles. The van der Waals surface area contributed by atoms with Crippen LogP contribution in [0.1, 0.15) is 12.0 Å². The maximum Gasteiger partial charge on any atom is 0.261 e. The molecule has 2 heterocycles. The van der Waals surface area contributed by atoms with E-state index in [1.54, 1.807) is 6.07 Å². The van der Waals surface area contributed by atoms with Gasteiger partial charge in [0.1, 0.15) is 0 Å². The lowest BCUT2D eigenvalue weighted by Gasteiger charge is -2.08. The van der Waals surface area contributed by atoms with Gasteiger partial charge in [-0.05, 0) is 18.6 Å². The highest BCUT2D eigenvalue weighted by atomic mass is 32.2. The zero-order valence-electron chi connectivity index (χ0n) is 12.2. The summed E-state index contributed by atoms with van der Waals surface area (Å²) in [4.78, 5) is 32.8. The molecular formula is C15H16N4O2S. The first kappa shape index (κ1) is 14.8. The lowest BCUT2D eigenvalue weighted by molar-refractivity contribution is -0.119. The number of aromatic nitrogens is 2. The Morgan fingerprint density at radius 3 is 3.09 bits per heavy atom. The third kappa shape index (κ3) is 3.04. The number of aliphatic imine (C=N–C) groups is 1. The van der Waals surface area contributed by atoms with Gasteiger partial charge in [-0.25, -0.2) is 4.98 Å². The SMILES string of the molecule is Cc1cccc2c(=O)n(CCC(=O)NC3=NCCS3)cnc12. The topological polar surface area (TPSA) is 76.3 Å². The second kappa shape index (κ2) is 6.31. The van der Waals surface area contributed by atoms with E-state index in [9.17, 15) is 9.59 Å². The van der Waals surface area contributed by atoms with Gasteiger partial charge in [0.15, 0.2) is 5.17 Å². The summed E-state index contributed by atoms with van der Waals surface area (Å²) in [6.07, 6.45) is 1.73. The van der Waals surface area contributed by atoms with Gasteiger partial charge >= 0.3 is 0 Å². The summed E-state index contributed by atoms with van der Waals surface area (Å²) >= 11 is 1.54. The third-order valence-electron chi connectivity index (χ3n) is 3.47. The number of hydrogen-bond donors (Lipinski definition) is 1. The molecule has 22 heavy (non-hydrogen) atoms.